The van der Waals surface area contributed by atoms with Crippen molar-refractivity contribution in [2.75, 3.05) is 38.2 Å². The summed E-state index contributed by atoms with van der Waals surface area (Å²) in [6.07, 6.45) is 2.02. The largest absolute Gasteiger partial charge is 0.497 e. The second-order valence-corrected chi connectivity index (χ2v) is 8.60. The molecule has 0 atom stereocenters. The number of anilines is 1. The van der Waals surface area contributed by atoms with Gasteiger partial charge >= 0.3 is 0 Å². The summed E-state index contributed by atoms with van der Waals surface area (Å²) in [5, 5.41) is 0. The Balaban J connectivity index is 1.18. The first-order valence-corrected chi connectivity index (χ1v) is 11.8. The molecule has 0 spiro atoms. The van der Waals surface area contributed by atoms with E-state index in [2.05, 4.69) is 51.3 Å². The third-order valence-electron chi connectivity index (χ3n) is 6.41. The van der Waals surface area contributed by atoms with Gasteiger partial charge in [-0.3, -0.25) is 4.79 Å². The highest BCUT2D eigenvalue weighted by atomic mass is 16.5. The number of benzene rings is 3. The number of aromatic nitrogens is 2. The lowest BCUT2D eigenvalue weighted by molar-refractivity contribution is -0.130. The summed E-state index contributed by atoms with van der Waals surface area (Å²) in [7, 11) is 1.66. The number of carbonyl (C=O) groups excluding carboxylic acids is 1. The fourth-order valence-electron chi connectivity index (χ4n) is 4.36. The number of hydrogen-bond donors (Lipinski definition) is 0. The van der Waals surface area contributed by atoms with E-state index >= 15 is 0 Å². The second kappa shape index (κ2) is 10.4. The van der Waals surface area contributed by atoms with Gasteiger partial charge in [0.1, 0.15) is 17.9 Å². The summed E-state index contributed by atoms with van der Waals surface area (Å²) < 4.78 is 5.24. The van der Waals surface area contributed by atoms with E-state index in [1.807, 2.05) is 53.4 Å². The molecule has 3 aromatic carbocycles. The van der Waals surface area contributed by atoms with Crippen LogP contribution in [0.25, 0.3) is 22.4 Å². The van der Waals surface area contributed by atoms with Crippen LogP contribution in [0.1, 0.15) is 5.56 Å². The van der Waals surface area contributed by atoms with Gasteiger partial charge in [-0.2, -0.15) is 0 Å². The van der Waals surface area contributed by atoms with Crippen LogP contribution in [0.15, 0.2) is 91.3 Å². The quantitative estimate of drug-likeness (QED) is 0.414. The van der Waals surface area contributed by atoms with Gasteiger partial charge in [0.05, 0.1) is 19.2 Å². The van der Waals surface area contributed by atoms with Gasteiger partial charge in [-0.05, 0) is 41.0 Å². The molecule has 1 aliphatic rings. The normalized spacial score (nSPS) is 13.5. The molecule has 176 valence electrons. The Morgan fingerprint density at radius 1 is 0.800 bits per heavy atom. The van der Waals surface area contributed by atoms with Crippen LogP contribution in [0, 0.1) is 0 Å². The van der Waals surface area contributed by atoms with E-state index in [-0.39, 0.29) is 5.91 Å². The van der Waals surface area contributed by atoms with Crippen LogP contribution < -0.4 is 9.64 Å². The molecule has 0 radical (unpaired) electrons. The van der Waals surface area contributed by atoms with Gasteiger partial charge in [0, 0.05) is 37.8 Å². The van der Waals surface area contributed by atoms with Crippen molar-refractivity contribution in [1.82, 2.24) is 14.9 Å². The lowest BCUT2D eigenvalue weighted by Crippen LogP contribution is -2.49. The van der Waals surface area contributed by atoms with E-state index in [0.29, 0.717) is 19.5 Å². The van der Waals surface area contributed by atoms with Crippen molar-refractivity contribution >= 4 is 11.7 Å². The number of nitrogens with zero attached hydrogens (tertiary/aromatic N) is 4. The monoisotopic (exact) mass is 464 g/mol. The maximum absolute atomic E-state index is 12.9. The van der Waals surface area contributed by atoms with Gasteiger partial charge in [0.25, 0.3) is 0 Å². The highest BCUT2D eigenvalue weighted by Crippen LogP contribution is 2.24. The molecule has 1 saturated heterocycles. The molecular formula is C29H28N4O2. The summed E-state index contributed by atoms with van der Waals surface area (Å²) in [5.74, 6) is 1.86. The molecule has 6 nitrogen and oxygen atoms in total. The van der Waals surface area contributed by atoms with Crippen molar-refractivity contribution in [2.24, 2.45) is 0 Å². The Labute approximate surface area is 205 Å². The number of piperazine rings is 1. The van der Waals surface area contributed by atoms with Crippen LogP contribution >= 0.6 is 0 Å². The maximum atomic E-state index is 12.9. The van der Waals surface area contributed by atoms with Gasteiger partial charge < -0.3 is 14.5 Å². The minimum atomic E-state index is 0.165. The number of hydrogen-bond acceptors (Lipinski definition) is 5. The molecule has 0 unspecified atom stereocenters. The average molecular weight is 465 g/mol. The van der Waals surface area contributed by atoms with Crippen LogP contribution in [0.3, 0.4) is 0 Å². The highest BCUT2D eigenvalue weighted by molar-refractivity contribution is 5.79. The van der Waals surface area contributed by atoms with Crippen molar-refractivity contribution in [1.29, 1.82) is 0 Å². The van der Waals surface area contributed by atoms with E-state index in [1.165, 1.54) is 5.56 Å². The minimum absolute atomic E-state index is 0.165. The number of ether oxygens (including phenoxy) is 1. The Morgan fingerprint density at radius 3 is 2.14 bits per heavy atom. The molecule has 1 aromatic heterocycles. The minimum Gasteiger partial charge on any atom is -0.497 e. The Bertz CT molecular complexity index is 1270. The Morgan fingerprint density at radius 2 is 1.46 bits per heavy atom. The molecule has 1 fully saturated rings. The van der Waals surface area contributed by atoms with Gasteiger partial charge in [0.15, 0.2) is 0 Å². The van der Waals surface area contributed by atoms with Gasteiger partial charge in [-0.1, -0.05) is 54.6 Å². The van der Waals surface area contributed by atoms with E-state index < -0.39 is 0 Å². The molecule has 0 aliphatic carbocycles. The summed E-state index contributed by atoms with van der Waals surface area (Å²) in [5.41, 5.74) is 5.27. The summed E-state index contributed by atoms with van der Waals surface area (Å²) in [6, 6.07) is 28.4. The van der Waals surface area contributed by atoms with E-state index in [1.54, 1.807) is 13.4 Å². The molecule has 2 heterocycles. The first-order valence-electron chi connectivity index (χ1n) is 11.8. The van der Waals surface area contributed by atoms with Crippen molar-refractivity contribution < 1.29 is 9.53 Å². The molecule has 1 amide bonds. The molecule has 1 aliphatic heterocycles. The van der Waals surface area contributed by atoms with Crippen LogP contribution in [0.5, 0.6) is 5.75 Å². The predicted molar refractivity (Wildman–Crippen MR) is 138 cm³/mol. The highest BCUT2D eigenvalue weighted by Gasteiger charge is 2.22. The van der Waals surface area contributed by atoms with E-state index in [9.17, 15) is 4.79 Å². The number of amides is 1. The predicted octanol–water partition coefficient (Wildman–Crippen LogP) is 4.71. The van der Waals surface area contributed by atoms with E-state index in [0.717, 1.165) is 47.0 Å². The van der Waals surface area contributed by atoms with Crippen LogP contribution in [-0.2, 0) is 11.2 Å². The molecule has 35 heavy (non-hydrogen) atoms. The lowest BCUT2D eigenvalue weighted by Gasteiger charge is -2.35. The zero-order chi connectivity index (χ0) is 24.0. The standard InChI is InChI=1S/C29H28N4O2/c1-35-26-13-11-25(12-14-26)27-20-28(31-21-30-27)32-15-17-33(18-16-32)29(34)19-22-7-9-24(10-8-22)23-5-3-2-4-6-23/h2-14,20-21H,15-19H2,1H3. The van der Waals surface area contributed by atoms with Gasteiger partial charge in [0.2, 0.25) is 5.91 Å². The van der Waals surface area contributed by atoms with Gasteiger partial charge in [-0.15, -0.1) is 0 Å². The first kappa shape index (κ1) is 22.6. The molecule has 4 aromatic rings. The fraction of sp³-hybridized carbons (Fsp3) is 0.207. The Hall–Kier alpha value is -4.19. The summed E-state index contributed by atoms with van der Waals surface area (Å²) >= 11 is 0. The maximum Gasteiger partial charge on any atom is 0.227 e. The van der Waals surface area contributed by atoms with Crippen molar-refractivity contribution in [3.05, 3.63) is 96.8 Å². The second-order valence-electron chi connectivity index (χ2n) is 8.60. The fourth-order valence-corrected chi connectivity index (χ4v) is 4.36. The SMILES string of the molecule is COc1ccc(-c2cc(N3CCN(C(=O)Cc4ccc(-c5ccccc5)cc4)CC3)ncn2)cc1. The molecule has 5 rings (SSSR count). The lowest BCUT2D eigenvalue weighted by atomic mass is 10.0. The van der Waals surface area contributed by atoms with Crippen LogP contribution in [0.2, 0.25) is 0 Å². The zero-order valence-electron chi connectivity index (χ0n) is 19.8. The third-order valence-corrected chi connectivity index (χ3v) is 6.41. The zero-order valence-corrected chi connectivity index (χ0v) is 19.8. The molecule has 0 bridgehead atoms. The average Bonchev–Trinajstić information content (AvgIpc) is 2.94. The van der Waals surface area contributed by atoms with Gasteiger partial charge in [-0.25, -0.2) is 9.97 Å². The van der Waals surface area contributed by atoms with Crippen LogP contribution in [0.4, 0.5) is 5.82 Å². The van der Waals surface area contributed by atoms with Crippen molar-refractivity contribution in [3.8, 4) is 28.1 Å². The summed E-state index contributed by atoms with van der Waals surface area (Å²) in [4.78, 5) is 26.0. The van der Waals surface area contributed by atoms with Crippen LogP contribution in [-0.4, -0.2) is 54.1 Å². The summed E-state index contributed by atoms with van der Waals surface area (Å²) in [6.45, 7) is 2.86. The molecule has 0 saturated carbocycles. The topological polar surface area (TPSA) is 58.6 Å². The van der Waals surface area contributed by atoms with E-state index in [4.69, 9.17) is 4.74 Å². The molecule has 0 N–H and O–H groups in total. The smallest absolute Gasteiger partial charge is 0.227 e. The Kier molecular flexibility index (Phi) is 6.70. The number of carbonyl (C=O) groups is 1. The number of methoxy groups -OCH3 is 1. The molecule has 6 heteroatoms. The van der Waals surface area contributed by atoms with Crippen molar-refractivity contribution in [2.45, 2.75) is 6.42 Å². The number of rotatable bonds is 6. The molecular weight excluding hydrogens is 436 g/mol. The third kappa shape index (κ3) is 5.32. The van der Waals surface area contributed by atoms with Crippen molar-refractivity contribution in [3.63, 3.8) is 0 Å². The first-order chi connectivity index (χ1) is 17.2.